The van der Waals surface area contributed by atoms with Gasteiger partial charge in [0.1, 0.15) is 16.8 Å². The molecule has 1 heterocycles. The Morgan fingerprint density at radius 2 is 1.94 bits per heavy atom. The molecule has 1 N–H and O–H groups in total. The zero-order chi connectivity index (χ0) is 13.0. The van der Waals surface area contributed by atoms with Gasteiger partial charge in [0.2, 0.25) is 0 Å². The maximum Gasteiger partial charge on any atom is 0.135 e. The molecule has 0 saturated heterocycles. The van der Waals surface area contributed by atoms with Crippen molar-refractivity contribution in [1.82, 2.24) is 9.97 Å². The van der Waals surface area contributed by atoms with Crippen LogP contribution in [0.2, 0.25) is 5.15 Å². The highest BCUT2D eigenvalue weighted by molar-refractivity contribution is 7.98. The summed E-state index contributed by atoms with van der Waals surface area (Å²) in [5, 5.41) is 3.69. The first-order valence-electron chi connectivity index (χ1n) is 5.66. The van der Waals surface area contributed by atoms with E-state index in [1.807, 2.05) is 19.1 Å². The molecule has 0 bridgehead atoms. The van der Waals surface area contributed by atoms with Gasteiger partial charge in [-0.2, -0.15) is 0 Å². The lowest BCUT2D eigenvalue weighted by atomic mass is 10.3. The van der Waals surface area contributed by atoms with Crippen LogP contribution in [0.15, 0.2) is 35.2 Å². The fourth-order valence-electron chi connectivity index (χ4n) is 1.51. The molecule has 0 unspecified atom stereocenters. The number of aryl methyl sites for hydroxylation is 1. The van der Waals surface area contributed by atoms with Crippen molar-refractivity contribution in [2.45, 2.75) is 18.2 Å². The number of hydrogen-bond donors (Lipinski definition) is 1. The third-order valence-electron chi connectivity index (χ3n) is 2.42. The summed E-state index contributed by atoms with van der Waals surface area (Å²) in [6, 6.07) is 9.90. The molecule has 0 saturated carbocycles. The van der Waals surface area contributed by atoms with Crippen molar-refractivity contribution in [2.75, 3.05) is 11.6 Å². The molecule has 0 atom stereocenters. The Balaban J connectivity index is 2.19. The molecule has 0 aliphatic rings. The third kappa shape index (κ3) is 3.37. The second-order valence-corrected chi connectivity index (χ2v) is 4.97. The van der Waals surface area contributed by atoms with Crippen LogP contribution < -0.4 is 5.32 Å². The molecule has 18 heavy (non-hydrogen) atoms. The van der Waals surface area contributed by atoms with Crippen molar-refractivity contribution >= 4 is 34.9 Å². The first-order chi connectivity index (χ1) is 8.71. The van der Waals surface area contributed by atoms with E-state index in [4.69, 9.17) is 11.6 Å². The molecule has 94 valence electrons. The number of thioether (sulfide) groups is 1. The number of rotatable bonds is 4. The summed E-state index contributed by atoms with van der Waals surface area (Å²) >= 11 is 7.67. The Morgan fingerprint density at radius 3 is 2.56 bits per heavy atom. The number of halogens is 1. The zero-order valence-corrected chi connectivity index (χ0v) is 11.8. The highest BCUT2D eigenvalue weighted by Gasteiger charge is 2.02. The lowest BCUT2D eigenvalue weighted by Crippen LogP contribution is -1.99. The number of nitrogens with zero attached hydrogens (tertiary/aromatic N) is 2. The summed E-state index contributed by atoms with van der Waals surface area (Å²) in [7, 11) is 0. The summed E-state index contributed by atoms with van der Waals surface area (Å²) in [5.74, 6) is 1.47. The molecular weight excluding hydrogens is 266 g/mol. The molecular formula is C13H14ClN3S. The van der Waals surface area contributed by atoms with E-state index >= 15 is 0 Å². The first kappa shape index (κ1) is 13.2. The fraction of sp³-hybridized carbons (Fsp3) is 0.231. The Bertz CT molecular complexity index is 528. The van der Waals surface area contributed by atoms with E-state index in [0.717, 1.165) is 23.8 Å². The number of nitrogens with one attached hydrogen (secondary N) is 1. The molecule has 5 heteroatoms. The smallest absolute Gasteiger partial charge is 0.135 e. The second kappa shape index (κ2) is 6.07. The maximum atomic E-state index is 5.95. The van der Waals surface area contributed by atoms with E-state index in [1.54, 1.807) is 17.8 Å². The number of benzene rings is 1. The summed E-state index contributed by atoms with van der Waals surface area (Å²) in [6.07, 6.45) is 2.82. The van der Waals surface area contributed by atoms with E-state index in [1.165, 1.54) is 4.90 Å². The van der Waals surface area contributed by atoms with Gasteiger partial charge in [0.15, 0.2) is 0 Å². The minimum atomic E-state index is 0.463. The molecule has 2 rings (SSSR count). The first-order valence-corrected chi connectivity index (χ1v) is 7.26. The van der Waals surface area contributed by atoms with E-state index in [9.17, 15) is 0 Å². The van der Waals surface area contributed by atoms with Gasteiger partial charge < -0.3 is 5.32 Å². The van der Waals surface area contributed by atoms with Crippen LogP contribution in [-0.4, -0.2) is 16.2 Å². The van der Waals surface area contributed by atoms with Crippen molar-refractivity contribution < 1.29 is 0 Å². The van der Waals surface area contributed by atoms with Gasteiger partial charge in [-0.1, -0.05) is 18.5 Å². The van der Waals surface area contributed by atoms with Crippen LogP contribution in [0.25, 0.3) is 0 Å². The van der Waals surface area contributed by atoms with Crippen LogP contribution in [0.3, 0.4) is 0 Å². The number of aromatic nitrogens is 2. The van der Waals surface area contributed by atoms with Gasteiger partial charge in [-0.15, -0.1) is 11.8 Å². The lowest BCUT2D eigenvalue weighted by molar-refractivity contribution is 0.943. The van der Waals surface area contributed by atoms with E-state index < -0.39 is 0 Å². The largest absolute Gasteiger partial charge is 0.340 e. The van der Waals surface area contributed by atoms with Crippen molar-refractivity contribution in [3.8, 4) is 0 Å². The Hall–Kier alpha value is -1.26. The van der Waals surface area contributed by atoms with Crippen molar-refractivity contribution in [3.63, 3.8) is 0 Å². The second-order valence-electron chi connectivity index (χ2n) is 3.70. The molecule has 0 amide bonds. The van der Waals surface area contributed by atoms with Crippen LogP contribution in [-0.2, 0) is 6.42 Å². The van der Waals surface area contributed by atoms with Crippen molar-refractivity contribution in [3.05, 3.63) is 41.3 Å². The van der Waals surface area contributed by atoms with E-state index in [0.29, 0.717) is 5.15 Å². The molecule has 1 aromatic heterocycles. The van der Waals surface area contributed by atoms with Gasteiger partial charge in [-0.25, -0.2) is 9.97 Å². The van der Waals surface area contributed by atoms with Crippen LogP contribution in [0.4, 0.5) is 11.5 Å². The van der Waals surface area contributed by atoms with Gasteiger partial charge in [0.25, 0.3) is 0 Å². The molecule has 0 aliphatic carbocycles. The summed E-state index contributed by atoms with van der Waals surface area (Å²) < 4.78 is 0. The molecule has 0 aliphatic heterocycles. The lowest BCUT2D eigenvalue weighted by Gasteiger charge is -2.07. The topological polar surface area (TPSA) is 37.8 Å². The highest BCUT2D eigenvalue weighted by Crippen LogP contribution is 2.21. The van der Waals surface area contributed by atoms with Gasteiger partial charge >= 0.3 is 0 Å². The number of anilines is 2. The Morgan fingerprint density at radius 1 is 1.22 bits per heavy atom. The minimum absolute atomic E-state index is 0.463. The quantitative estimate of drug-likeness (QED) is 0.674. The SMILES string of the molecule is CCc1nc(Cl)cc(Nc2ccc(SC)cc2)n1. The zero-order valence-electron chi connectivity index (χ0n) is 10.3. The summed E-state index contributed by atoms with van der Waals surface area (Å²) in [6.45, 7) is 2.00. The predicted molar refractivity (Wildman–Crippen MR) is 77.9 cm³/mol. The van der Waals surface area contributed by atoms with Gasteiger partial charge in [-0.05, 0) is 30.5 Å². The molecule has 2 aromatic rings. The third-order valence-corrected chi connectivity index (χ3v) is 3.36. The number of hydrogen-bond acceptors (Lipinski definition) is 4. The van der Waals surface area contributed by atoms with Crippen LogP contribution >= 0.6 is 23.4 Å². The minimum Gasteiger partial charge on any atom is -0.340 e. The van der Waals surface area contributed by atoms with E-state index in [2.05, 4.69) is 33.7 Å². The average molecular weight is 280 g/mol. The molecule has 0 fully saturated rings. The van der Waals surface area contributed by atoms with Crippen molar-refractivity contribution in [2.24, 2.45) is 0 Å². The van der Waals surface area contributed by atoms with Gasteiger partial charge in [0.05, 0.1) is 0 Å². The Labute approximate surface area is 116 Å². The van der Waals surface area contributed by atoms with Crippen LogP contribution in [0.5, 0.6) is 0 Å². The molecule has 3 nitrogen and oxygen atoms in total. The van der Waals surface area contributed by atoms with Crippen LogP contribution in [0, 0.1) is 0 Å². The van der Waals surface area contributed by atoms with Crippen LogP contribution in [0.1, 0.15) is 12.7 Å². The molecule has 1 aromatic carbocycles. The van der Waals surface area contributed by atoms with E-state index in [-0.39, 0.29) is 0 Å². The fourth-order valence-corrected chi connectivity index (χ4v) is 2.12. The maximum absolute atomic E-state index is 5.95. The Kier molecular flexibility index (Phi) is 4.44. The van der Waals surface area contributed by atoms with Gasteiger partial charge in [0, 0.05) is 23.1 Å². The monoisotopic (exact) mass is 279 g/mol. The molecule has 0 spiro atoms. The average Bonchev–Trinajstić information content (AvgIpc) is 2.39. The molecule has 0 radical (unpaired) electrons. The standard InChI is InChI=1S/C13H14ClN3S/c1-3-12-16-11(14)8-13(17-12)15-9-4-6-10(18-2)7-5-9/h4-8H,3H2,1-2H3,(H,15,16,17). The predicted octanol–water partition coefficient (Wildman–Crippen LogP) is 4.16. The summed E-state index contributed by atoms with van der Waals surface area (Å²) in [4.78, 5) is 9.74. The highest BCUT2D eigenvalue weighted by atomic mass is 35.5. The van der Waals surface area contributed by atoms with Gasteiger partial charge in [-0.3, -0.25) is 0 Å². The normalized spacial score (nSPS) is 10.4. The van der Waals surface area contributed by atoms with Crippen molar-refractivity contribution in [1.29, 1.82) is 0 Å². The summed E-state index contributed by atoms with van der Waals surface area (Å²) in [5.41, 5.74) is 0.990.